The van der Waals surface area contributed by atoms with Gasteiger partial charge in [0.2, 0.25) is 5.91 Å². The molecule has 0 aliphatic carbocycles. The van der Waals surface area contributed by atoms with Crippen molar-refractivity contribution < 1.29 is 14.3 Å². The fourth-order valence-electron chi connectivity index (χ4n) is 4.97. The molecule has 5 rings (SSSR count). The van der Waals surface area contributed by atoms with E-state index < -0.39 is 5.91 Å². The Morgan fingerprint density at radius 1 is 1.16 bits per heavy atom. The van der Waals surface area contributed by atoms with Gasteiger partial charge in [0.1, 0.15) is 3.70 Å². The van der Waals surface area contributed by atoms with Crippen LogP contribution in [0.1, 0.15) is 28.9 Å². The molecule has 3 saturated heterocycles. The third kappa shape index (κ3) is 5.78. The van der Waals surface area contributed by atoms with Crippen LogP contribution in [0.2, 0.25) is 0 Å². The predicted molar refractivity (Wildman–Crippen MR) is 146 cm³/mol. The van der Waals surface area contributed by atoms with Crippen molar-refractivity contribution >= 4 is 52.0 Å². The van der Waals surface area contributed by atoms with Gasteiger partial charge in [0.05, 0.1) is 24.8 Å². The molecular formula is C24H30IN9O3. The fraction of sp³-hybridized carbons (Fsp3) is 0.458. The summed E-state index contributed by atoms with van der Waals surface area (Å²) in [5.74, 6) is -0.154. The molecule has 3 fully saturated rings. The van der Waals surface area contributed by atoms with Crippen LogP contribution in [0, 0.1) is 9.62 Å². The Labute approximate surface area is 228 Å². The van der Waals surface area contributed by atoms with E-state index >= 15 is 0 Å². The second-order valence-electron chi connectivity index (χ2n) is 9.68. The zero-order valence-electron chi connectivity index (χ0n) is 20.3. The molecule has 2 aromatic rings. The summed E-state index contributed by atoms with van der Waals surface area (Å²) in [6.45, 7) is 4.28. The lowest BCUT2D eigenvalue weighted by atomic mass is 9.88. The molecule has 1 aromatic carbocycles. The molecule has 1 atom stereocenters. The number of nitrogens with zero attached hydrogens (tertiary/aromatic N) is 5. The number of likely N-dealkylation sites (tertiary alicyclic amines) is 1. The van der Waals surface area contributed by atoms with Crippen LogP contribution < -0.4 is 22.1 Å². The molecule has 1 unspecified atom stereocenters. The maximum Gasteiger partial charge on any atom is 0.302 e. The normalized spacial score (nSPS) is 22.6. The second-order valence-corrected chi connectivity index (χ2v) is 10.7. The number of amides is 2. The van der Waals surface area contributed by atoms with Crippen LogP contribution in [0.15, 0.2) is 35.3 Å². The van der Waals surface area contributed by atoms with Gasteiger partial charge in [-0.25, -0.2) is 9.97 Å². The van der Waals surface area contributed by atoms with Gasteiger partial charge in [-0.05, 0) is 41.0 Å². The Balaban J connectivity index is 1.15. The van der Waals surface area contributed by atoms with Crippen LogP contribution in [-0.2, 0) is 16.1 Å². The molecule has 3 aliphatic heterocycles. The summed E-state index contributed by atoms with van der Waals surface area (Å²) in [4.78, 5) is 42.2. The van der Waals surface area contributed by atoms with E-state index in [4.69, 9.17) is 16.2 Å². The molecule has 12 nitrogen and oxygen atoms in total. The fourth-order valence-corrected chi connectivity index (χ4v) is 5.33. The Kier molecular flexibility index (Phi) is 7.44. The van der Waals surface area contributed by atoms with Gasteiger partial charge in [-0.1, -0.05) is 30.3 Å². The number of nitrogen functional groups attached to an aromatic ring is 2. The van der Waals surface area contributed by atoms with Crippen molar-refractivity contribution in [1.29, 1.82) is 0 Å². The summed E-state index contributed by atoms with van der Waals surface area (Å²) in [7, 11) is 0. The summed E-state index contributed by atoms with van der Waals surface area (Å²) in [5, 5.41) is 6.53. The molecule has 3 aliphatic rings. The Hall–Kier alpha value is -3.04. The van der Waals surface area contributed by atoms with Crippen LogP contribution >= 0.6 is 22.6 Å². The number of benzene rings is 1. The van der Waals surface area contributed by atoms with Gasteiger partial charge >= 0.3 is 5.91 Å². The number of carbonyl (C=O) groups excluding carboxylic acids is 2. The van der Waals surface area contributed by atoms with E-state index in [-0.39, 0.29) is 34.7 Å². The number of carbonyl (C=O) groups is 2. The number of rotatable bonds is 4. The highest BCUT2D eigenvalue weighted by atomic mass is 127. The summed E-state index contributed by atoms with van der Waals surface area (Å²) in [5.41, 5.74) is 12.4. The highest BCUT2D eigenvalue weighted by Crippen LogP contribution is 2.26. The molecule has 1 spiro atoms. The van der Waals surface area contributed by atoms with E-state index in [9.17, 15) is 9.59 Å². The SMILES string of the molecule is Nc1nc(N)c(C(=O)/N=C2\NCC3(CCN(C(=O)C4COCN(Cc5ccccc5)C4)CC3)N2)nc1I. The number of anilines is 2. The molecule has 6 N–H and O–H groups in total. The highest BCUT2D eigenvalue weighted by Gasteiger charge is 2.42. The molecule has 0 saturated carbocycles. The molecule has 2 amide bonds. The minimum absolute atomic E-state index is 0.0351. The van der Waals surface area contributed by atoms with Crippen LogP contribution in [0.4, 0.5) is 11.6 Å². The topological polar surface area (TPSA) is 164 Å². The van der Waals surface area contributed by atoms with Crippen molar-refractivity contribution in [2.24, 2.45) is 10.9 Å². The van der Waals surface area contributed by atoms with Gasteiger partial charge in [0.25, 0.3) is 0 Å². The van der Waals surface area contributed by atoms with Crippen molar-refractivity contribution in [2.45, 2.75) is 24.9 Å². The van der Waals surface area contributed by atoms with Crippen LogP contribution in [0.25, 0.3) is 0 Å². The Bertz CT molecular complexity index is 1200. The smallest absolute Gasteiger partial charge is 0.302 e. The van der Waals surface area contributed by atoms with E-state index in [2.05, 4.69) is 42.6 Å². The monoisotopic (exact) mass is 619 g/mol. The van der Waals surface area contributed by atoms with Crippen molar-refractivity contribution in [3.05, 3.63) is 45.3 Å². The largest absolute Gasteiger partial charge is 0.382 e. The first-order valence-corrected chi connectivity index (χ1v) is 13.3. The molecule has 196 valence electrons. The second kappa shape index (κ2) is 10.8. The first-order valence-electron chi connectivity index (χ1n) is 12.2. The minimum Gasteiger partial charge on any atom is -0.382 e. The number of piperidine rings is 1. The summed E-state index contributed by atoms with van der Waals surface area (Å²) in [6.07, 6.45) is 1.48. The quantitative estimate of drug-likeness (QED) is 0.353. The molecule has 0 radical (unpaired) electrons. The first kappa shape index (κ1) is 25.6. The maximum absolute atomic E-state index is 13.3. The molecule has 4 heterocycles. The molecule has 13 heteroatoms. The van der Waals surface area contributed by atoms with E-state index in [1.54, 1.807) is 0 Å². The van der Waals surface area contributed by atoms with Crippen LogP contribution in [-0.4, -0.2) is 82.6 Å². The summed E-state index contributed by atoms with van der Waals surface area (Å²) >= 11 is 1.89. The number of ether oxygens (including phenoxy) is 1. The lowest BCUT2D eigenvalue weighted by Crippen LogP contribution is -2.56. The van der Waals surface area contributed by atoms with Crippen LogP contribution in [0.3, 0.4) is 0 Å². The van der Waals surface area contributed by atoms with Crippen molar-refractivity contribution in [2.75, 3.05) is 51.0 Å². The number of aliphatic imine (C=N–C) groups is 1. The van der Waals surface area contributed by atoms with Gasteiger partial charge in [0.15, 0.2) is 23.3 Å². The van der Waals surface area contributed by atoms with Gasteiger partial charge in [-0.3, -0.25) is 14.5 Å². The standard InChI is InChI=1S/C24H30IN9O3/c25-18-20(27)30-19(26)17(29-18)21(35)31-23-28-13-24(32-23)6-8-34(9-7-24)22(36)16-11-33(14-37-12-16)10-15-4-2-1-3-5-15/h1-5,16H,6-14H2,(H4,26,27,30)(H2,28,31,32,35). The number of nitrogens with two attached hydrogens (primary N) is 2. The van der Waals surface area contributed by atoms with E-state index in [1.165, 1.54) is 5.56 Å². The zero-order chi connectivity index (χ0) is 26.0. The van der Waals surface area contributed by atoms with Gasteiger partial charge in [-0.15, -0.1) is 0 Å². The maximum atomic E-state index is 13.3. The molecule has 37 heavy (non-hydrogen) atoms. The van der Waals surface area contributed by atoms with Gasteiger partial charge < -0.3 is 31.7 Å². The average molecular weight is 619 g/mol. The van der Waals surface area contributed by atoms with E-state index in [1.807, 2.05) is 45.7 Å². The summed E-state index contributed by atoms with van der Waals surface area (Å²) in [6, 6.07) is 10.2. The van der Waals surface area contributed by atoms with E-state index in [0.29, 0.717) is 49.2 Å². The van der Waals surface area contributed by atoms with Gasteiger partial charge in [0, 0.05) is 32.7 Å². The number of hydrogen-bond donors (Lipinski definition) is 4. The Morgan fingerprint density at radius 3 is 2.68 bits per heavy atom. The zero-order valence-corrected chi connectivity index (χ0v) is 22.5. The molecular weight excluding hydrogens is 589 g/mol. The first-order chi connectivity index (χ1) is 17.8. The van der Waals surface area contributed by atoms with Gasteiger partial charge in [-0.2, -0.15) is 4.99 Å². The number of hydrogen-bond acceptors (Lipinski definition) is 8. The predicted octanol–water partition coefficient (Wildman–Crippen LogP) is 0.402. The number of halogens is 1. The highest BCUT2D eigenvalue weighted by molar-refractivity contribution is 14.1. The van der Waals surface area contributed by atoms with E-state index in [0.717, 1.165) is 19.4 Å². The molecule has 0 bridgehead atoms. The van der Waals surface area contributed by atoms with Crippen molar-refractivity contribution in [3.8, 4) is 0 Å². The molecule has 1 aromatic heterocycles. The lowest BCUT2D eigenvalue weighted by molar-refractivity contribution is -0.146. The number of guanidine groups is 1. The Morgan fingerprint density at radius 2 is 1.92 bits per heavy atom. The lowest BCUT2D eigenvalue weighted by Gasteiger charge is -2.41. The van der Waals surface area contributed by atoms with Crippen molar-refractivity contribution in [3.63, 3.8) is 0 Å². The third-order valence-corrected chi connectivity index (χ3v) is 7.79. The number of nitrogens with one attached hydrogen (secondary N) is 2. The minimum atomic E-state index is -0.597. The average Bonchev–Trinajstić information content (AvgIpc) is 3.28. The number of aromatic nitrogens is 2. The van der Waals surface area contributed by atoms with Crippen molar-refractivity contribution in [1.82, 2.24) is 30.4 Å². The summed E-state index contributed by atoms with van der Waals surface area (Å²) < 4.78 is 6.16. The van der Waals surface area contributed by atoms with Crippen LogP contribution in [0.5, 0.6) is 0 Å². The third-order valence-electron chi connectivity index (χ3n) is 7.00.